The van der Waals surface area contributed by atoms with Gasteiger partial charge >= 0.3 is 12.0 Å². The lowest BCUT2D eigenvalue weighted by Crippen LogP contribution is -2.35. The molecule has 0 bridgehead atoms. The molecule has 12 nitrogen and oxygen atoms in total. The third kappa shape index (κ3) is 4.20. The molecule has 13 heteroatoms. The third-order valence-corrected chi connectivity index (χ3v) is 4.69. The molecule has 2 aromatic heterocycles. The Kier molecular flexibility index (Phi) is 5.17. The summed E-state index contributed by atoms with van der Waals surface area (Å²) in [5.74, 6) is 0.462. The van der Waals surface area contributed by atoms with Crippen molar-refractivity contribution in [2.24, 2.45) is 0 Å². The number of amides is 2. The Hall–Kier alpha value is -3.61. The first kappa shape index (κ1) is 19.2. The number of urea groups is 1. The van der Waals surface area contributed by atoms with Gasteiger partial charge in [0.05, 0.1) is 12.7 Å². The first-order valence-electron chi connectivity index (χ1n) is 7.78. The Morgan fingerprint density at radius 1 is 1.07 bits per heavy atom. The monoisotopic (exact) mass is 405 g/mol. The lowest BCUT2D eigenvalue weighted by atomic mass is 10.2. The second kappa shape index (κ2) is 7.56. The second-order valence-corrected chi connectivity index (χ2v) is 7.05. The molecule has 0 saturated carbocycles. The first-order chi connectivity index (χ1) is 13.3. The maximum atomic E-state index is 12.7. The highest BCUT2D eigenvalue weighted by molar-refractivity contribution is 7.90. The van der Waals surface area contributed by atoms with Crippen molar-refractivity contribution in [1.82, 2.24) is 29.8 Å². The van der Waals surface area contributed by atoms with Gasteiger partial charge in [0.15, 0.2) is 5.82 Å². The second-order valence-electron chi connectivity index (χ2n) is 5.40. The summed E-state index contributed by atoms with van der Waals surface area (Å²) in [4.78, 5) is 27.6. The molecule has 1 aromatic carbocycles. The molecule has 0 aliphatic carbocycles. The van der Waals surface area contributed by atoms with Gasteiger partial charge in [-0.3, -0.25) is 5.32 Å². The van der Waals surface area contributed by atoms with Crippen LogP contribution in [-0.4, -0.2) is 46.7 Å². The van der Waals surface area contributed by atoms with E-state index in [1.807, 2.05) is 4.72 Å². The highest BCUT2D eigenvalue weighted by atomic mass is 32.2. The van der Waals surface area contributed by atoms with Gasteiger partial charge in [-0.05, 0) is 26.0 Å². The van der Waals surface area contributed by atoms with Gasteiger partial charge in [-0.2, -0.15) is 19.9 Å². The number of rotatable bonds is 5. The zero-order valence-corrected chi connectivity index (χ0v) is 15.8. The van der Waals surface area contributed by atoms with Crippen LogP contribution in [0, 0.1) is 13.8 Å². The Labute approximate surface area is 159 Å². The number of carbonyl (C=O) groups excluding carboxylic acids is 1. The molecule has 0 unspecified atom stereocenters. The minimum absolute atomic E-state index is 0.0108. The number of benzene rings is 1. The summed E-state index contributed by atoms with van der Waals surface area (Å²) in [6.07, 6.45) is 0. The number of aryl methyl sites for hydroxylation is 2. The summed E-state index contributed by atoms with van der Waals surface area (Å²) >= 11 is 0. The van der Waals surface area contributed by atoms with Crippen LogP contribution in [0.4, 0.5) is 10.7 Å². The zero-order valence-electron chi connectivity index (χ0n) is 15.0. The Balaban J connectivity index is 1.85. The van der Waals surface area contributed by atoms with Gasteiger partial charge < -0.3 is 9.26 Å². The SMILES string of the molecule is COc1nc(C)nc(NC(=O)NS(=O)(=O)c2ccccc2-c2nc(C)no2)n1. The van der Waals surface area contributed by atoms with Crippen LogP contribution in [0.5, 0.6) is 6.01 Å². The predicted octanol–water partition coefficient (Wildman–Crippen LogP) is 1.06. The van der Waals surface area contributed by atoms with Crippen LogP contribution in [0.2, 0.25) is 0 Å². The molecular weight excluding hydrogens is 390 g/mol. The first-order valence-corrected chi connectivity index (χ1v) is 9.27. The summed E-state index contributed by atoms with van der Waals surface area (Å²) < 4.78 is 37.2. The van der Waals surface area contributed by atoms with Crippen molar-refractivity contribution in [3.8, 4) is 17.5 Å². The van der Waals surface area contributed by atoms with E-state index in [2.05, 4.69) is 30.4 Å². The number of hydrogen-bond donors (Lipinski definition) is 2. The number of methoxy groups -OCH3 is 1. The number of nitrogens with zero attached hydrogens (tertiary/aromatic N) is 5. The molecule has 3 rings (SSSR count). The number of sulfonamides is 1. The summed E-state index contributed by atoms with van der Waals surface area (Å²) in [6.45, 7) is 3.16. The topological polar surface area (TPSA) is 162 Å². The van der Waals surface area contributed by atoms with Crippen LogP contribution in [0.15, 0.2) is 33.7 Å². The molecule has 0 saturated heterocycles. The molecule has 0 radical (unpaired) electrons. The summed E-state index contributed by atoms with van der Waals surface area (Å²) in [5.41, 5.74) is 0.154. The molecule has 0 aliphatic heterocycles. The molecule has 0 fully saturated rings. The van der Waals surface area contributed by atoms with Crippen LogP contribution in [0.1, 0.15) is 11.6 Å². The predicted molar refractivity (Wildman–Crippen MR) is 94.9 cm³/mol. The van der Waals surface area contributed by atoms with E-state index in [0.29, 0.717) is 5.82 Å². The molecule has 2 N–H and O–H groups in total. The van der Waals surface area contributed by atoms with E-state index >= 15 is 0 Å². The van der Waals surface area contributed by atoms with Crippen LogP contribution in [0.3, 0.4) is 0 Å². The van der Waals surface area contributed by atoms with Gasteiger partial charge in [-0.1, -0.05) is 17.3 Å². The molecule has 146 valence electrons. The van der Waals surface area contributed by atoms with Crippen molar-refractivity contribution in [3.05, 3.63) is 35.9 Å². The average Bonchev–Trinajstić information content (AvgIpc) is 3.07. The molecular formula is C15H15N7O5S. The lowest BCUT2D eigenvalue weighted by Gasteiger charge is -2.10. The number of nitrogens with one attached hydrogen (secondary N) is 2. The molecule has 0 spiro atoms. The smallest absolute Gasteiger partial charge is 0.335 e. The fourth-order valence-corrected chi connectivity index (χ4v) is 3.30. The van der Waals surface area contributed by atoms with Crippen molar-refractivity contribution in [2.75, 3.05) is 12.4 Å². The highest BCUT2D eigenvalue weighted by Gasteiger charge is 2.24. The van der Waals surface area contributed by atoms with E-state index in [1.54, 1.807) is 19.9 Å². The van der Waals surface area contributed by atoms with E-state index in [0.717, 1.165) is 0 Å². The molecule has 2 heterocycles. The Morgan fingerprint density at radius 3 is 2.50 bits per heavy atom. The van der Waals surface area contributed by atoms with E-state index in [-0.39, 0.29) is 34.1 Å². The molecule has 0 atom stereocenters. The minimum atomic E-state index is -4.27. The van der Waals surface area contributed by atoms with Crippen molar-refractivity contribution < 1.29 is 22.5 Å². The number of carbonyl (C=O) groups is 1. The van der Waals surface area contributed by atoms with Gasteiger partial charge in [-0.15, -0.1) is 0 Å². The number of ether oxygens (including phenoxy) is 1. The van der Waals surface area contributed by atoms with Crippen molar-refractivity contribution in [2.45, 2.75) is 18.7 Å². The van der Waals surface area contributed by atoms with Crippen molar-refractivity contribution >= 4 is 22.0 Å². The van der Waals surface area contributed by atoms with E-state index in [4.69, 9.17) is 9.26 Å². The van der Waals surface area contributed by atoms with Gasteiger partial charge in [-0.25, -0.2) is 17.9 Å². The molecule has 2 amide bonds. The largest absolute Gasteiger partial charge is 0.467 e. The number of aromatic nitrogens is 5. The third-order valence-electron chi connectivity index (χ3n) is 3.30. The van der Waals surface area contributed by atoms with Crippen LogP contribution >= 0.6 is 0 Å². The Bertz CT molecular complexity index is 1130. The van der Waals surface area contributed by atoms with Crippen molar-refractivity contribution in [1.29, 1.82) is 0 Å². The van der Waals surface area contributed by atoms with Crippen LogP contribution in [-0.2, 0) is 10.0 Å². The van der Waals surface area contributed by atoms with Gasteiger partial charge in [0.25, 0.3) is 15.9 Å². The van der Waals surface area contributed by atoms with E-state index in [1.165, 1.54) is 25.3 Å². The standard InChI is InChI=1S/C15H15N7O5S/c1-8-17-13(20-15(18-8)26-3)19-14(23)22-28(24,25)11-7-5-4-6-10(11)12-16-9(2)21-27-12/h4-7H,1-3H3,(H2,17,18,19,20,22,23). The summed E-state index contributed by atoms with van der Waals surface area (Å²) in [5, 5.41) is 5.87. The maximum Gasteiger partial charge on any atom is 0.335 e. The molecule has 3 aromatic rings. The zero-order chi connectivity index (χ0) is 20.3. The quantitative estimate of drug-likeness (QED) is 0.627. The van der Waals surface area contributed by atoms with Gasteiger partial charge in [0.1, 0.15) is 10.7 Å². The van der Waals surface area contributed by atoms with Crippen LogP contribution in [0.25, 0.3) is 11.5 Å². The fourth-order valence-electron chi connectivity index (χ4n) is 2.19. The van der Waals surface area contributed by atoms with Gasteiger partial charge in [0, 0.05) is 0 Å². The fraction of sp³-hybridized carbons (Fsp3) is 0.200. The number of anilines is 1. The molecule has 0 aliphatic rings. The average molecular weight is 405 g/mol. The van der Waals surface area contributed by atoms with E-state index in [9.17, 15) is 13.2 Å². The van der Waals surface area contributed by atoms with Crippen LogP contribution < -0.4 is 14.8 Å². The lowest BCUT2D eigenvalue weighted by molar-refractivity contribution is 0.256. The normalized spacial score (nSPS) is 11.1. The summed E-state index contributed by atoms with van der Waals surface area (Å²) in [6, 6.07) is 4.81. The Morgan fingerprint density at radius 2 is 1.82 bits per heavy atom. The van der Waals surface area contributed by atoms with E-state index < -0.39 is 16.1 Å². The summed E-state index contributed by atoms with van der Waals surface area (Å²) in [7, 11) is -2.92. The highest BCUT2D eigenvalue weighted by Crippen LogP contribution is 2.25. The maximum absolute atomic E-state index is 12.7. The van der Waals surface area contributed by atoms with Gasteiger partial charge in [0.2, 0.25) is 5.95 Å². The minimum Gasteiger partial charge on any atom is -0.467 e. The number of hydrogen-bond acceptors (Lipinski definition) is 10. The molecule has 28 heavy (non-hydrogen) atoms. The van der Waals surface area contributed by atoms with Crippen molar-refractivity contribution in [3.63, 3.8) is 0 Å².